The van der Waals surface area contributed by atoms with Crippen LogP contribution in [0.4, 0.5) is 0 Å². The van der Waals surface area contributed by atoms with Crippen molar-refractivity contribution in [3.8, 4) is 11.3 Å². The fourth-order valence-corrected chi connectivity index (χ4v) is 3.01. The van der Waals surface area contributed by atoms with Crippen LogP contribution in [0.3, 0.4) is 0 Å². The van der Waals surface area contributed by atoms with Crippen molar-refractivity contribution in [1.82, 2.24) is 9.88 Å². The Bertz CT molecular complexity index is 657. The summed E-state index contributed by atoms with van der Waals surface area (Å²) in [7, 11) is 0. The van der Waals surface area contributed by atoms with Gasteiger partial charge in [-0.3, -0.25) is 9.78 Å². The summed E-state index contributed by atoms with van der Waals surface area (Å²) in [6, 6.07) is 13.8. The lowest BCUT2D eigenvalue weighted by molar-refractivity contribution is -0.131. The van der Waals surface area contributed by atoms with Crippen LogP contribution in [-0.2, 0) is 11.2 Å². The molecule has 1 fully saturated rings. The zero-order chi connectivity index (χ0) is 16.1. The summed E-state index contributed by atoms with van der Waals surface area (Å²) < 4.78 is 0. The van der Waals surface area contributed by atoms with Gasteiger partial charge in [0.15, 0.2) is 0 Å². The highest BCUT2D eigenvalue weighted by Crippen LogP contribution is 2.19. The summed E-state index contributed by atoms with van der Waals surface area (Å²) in [5.41, 5.74) is 2.91. The van der Waals surface area contributed by atoms with Crippen LogP contribution in [0.15, 0.2) is 48.7 Å². The lowest BCUT2D eigenvalue weighted by Crippen LogP contribution is -2.37. The van der Waals surface area contributed by atoms with Crippen molar-refractivity contribution >= 4 is 5.91 Å². The van der Waals surface area contributed by atoms with E-state index in [2.05, 4.69) is 4.98 Å². The molecule has 0 saturated carbocycles. The highest BCUT2D eigenvalue weighted by Gasteiger charge is 2.20. The van der Waals surface area contributed by atoms with Crippen molar-refractivity contribution < 1.29 is 9.90 Å². The number of carbonyl (C=O) groups is 1. The third-order valence-electron chi connectivity index (χ3n) is 4.24. The third-order valence-corrected chi connectivity index (χ3v) is 4.24. The number of aliphatic hydroxyl groups is 1. The van der Waals surface area contributed by atoms with Gasteiger partial charge in [-0.05, 0) is 43.0 Å². The molecule has 4 heteroatoms. The van der Waals surface area contributed by atoms with Gasteiger partial charge in [0.2, 0.25) is 5.91 Å². The largest absolute Gasteiger partial charge is 0.391 e. The number of amides is 1. The molecular formula is C19H22N2O2. The Labute approximate surface area is 136 Å². The number of β-amino-alcohol motifs (C(OH)–C–C–N with tert-alkyl or cyclic N) is 1. The first-order valence-corrected chi connectivity index (χ1v) is 8.18. The number of hydrogen-bond acceptors (Lipinski definition) is 3. The predicted octanol–water partition coefficient (Wildman–Crippen LogP) is 2.66. The first-order valence-electron chi connectivity index (χ1n) is 8.18. The third kappa shape index (κ3) is 4.17. The molecular weight excluding hydrogens is 288 g/mol. The van der Waals surface area contributed by atoms with Crippen LogP contribution in [0.25, 0.3) is 11.3 Å². The molecule has 1 aromatic heterocycles. The molecule has 0 bridgehead atoms. The normalized spacial score (nSPS) is 18.5. The standard InChI is InChI=1S/C19H22N2O2/c22-17-8-2-4-11-21(14-17)19(23)13-15-6-5-7-16(12-15)18-9-1-3-10-20-18/h1,3,5-7,9-10,12,17,22H,2,4,8,11,13-14H2. The van der Waals surface area contributed by atoms with Crippen LogP contribution in [0.2, 0.25) is 0 Å². The number of benzene rings is 1. The van der Waals surface area contributed by atoms with Gasteiger partial charge in [-0.1, -0.05) is 24.3 Å². The monoisotopic (exact) mass is 310 g/mol. The summed E-state index contributed by atoms with van der Waals surface area (Å²) >= 11 is 0. The Hall–Kier alpha value is -2.20. The summed E-state index contributed by atoms with van der Waals surface area (Å²) in [4.78, 5) is 18.7. The molecule has 2 heterocycles. The fraction of sp³-hybridized carbons (Fsp3) is 0.368. The highest BCUT2D eigenvalue weighted by atomic mass is 16.3. The SMILES string of the molecule is O=C(Cc1cccc(-c2ccccn2)c1)N1CCCCC(O)C1. The molecule has 0 spiro atoms. The fourth-order valence-electron chi connectivity index (χ4n) is 3.01. The second kappa shape index (κ2) is 7.38. The second-order valence-electron chi connectivity index (χ2n) is 6.08. The lowest BCUT2D eigenvalue weighted by Gasteiger charge is -2.22. The average Bonchev–Trinajstić information content (AvgIpc) is 2.80. The molecule has 1 aliphatic rings. The molecule has 120 valence electrons. The first kappa shape index (κ1) is 15.7. The molecule has 3 rings (SSSR count). The van der Waals surface area contributed by atoms with Crippen LogP contribution >= 0.6 is 0 Å². The van der Waals surface area contributed by atoms with Gasteiger partial charge < -0.3 is 10.0 Å². The van der Waals surface area contributed by atoms with E-state index in [0.29, 0.717) is 13.0 Å². The van der Waals surface area contributed by atoms with E-state index in [1.54, 1.807) is 11.1 Å². The quantitative estimate of drug-likeness (QED) is 0.948. The van der Waals surface area contributed by atoms with Gasteiger partial charge in [0.1, 0.15) is 0 Å². The van der Waals surface area contributed by atoms with Gasteiger partial charge in [0.25, 0.3) is 0 Å². The van der Waals surface area contributed by atoms with Crippen molar-refractivity contribution in [1.29, 1.82) is 0 Å². The van der Waals surface area contributed by atoms with Crippen LogP contribution in [0, 0.1) is 0 Å². The molecule has 1 saturated heterocycles. The molecule has 1 atom stereocenters. The highest BCUT2D eigenvalue weighted by molar-refractivity contribution is 5.79. The van der Waals surface area contributed by atoms with E-state index >= 15 is 0 Å². The van der Waals surface area contributed by atoms with E-state index < -0.39 is 0 Å². The zero-order valence-electron chi connectivity index (χ0n) is 13.2. The molecule has 23 heavy (non-hydrogen) atoms. The number of aromatic nitrogens is 1. The second-order valence-corrected chi connectivity index (χ2v) is 6.08. The van der Waals surface area contributed by atoms with E-state index in [9.17, 15) is 9.90 Å². The molecule has 2 aromatic rings. The maximum absolute atomic E-state index is 12.5. The summed E-state index contributed by atoms with van der Waals surface area (Å²) in [6.07, 6.45) is 4.50. The Morgan fingerprint density at radius 1 is 1.22 bits per heavy atom. The molecule has 1 aliphatic heterocycles. The van der Waals surface area contributed by atoms with Gasteiger partial charge >= 0.3 is 0 Å². The van der Waals surface area contributed by atoms with E-state index in [4.69, 9.17) is 0 Å². The van der Waals surface area contributed by atoms with Crippen molar-refractivity contribution in [2.75, 3.05) is 13.1 Å². The summed E-state index contributed by atoms with van der Waals surface area (Å²) in [5, 5.41) is 9.87. The lowest BCUT2D eigenvalue weighted by atomic mass is 10.0. The van der Waals surface area contributed by atoms with Crippen molar-refractivity contribution in [3.05, 3.63) is 54.2 Å². The minimum Gasteiger partial charge on any atom is -0.391 e. The van der Waals surface area contributed by atoms with Crippen LogP contribution in [0.1, 0.15) is 24.8 Å². The van der Waals surface area contributed by atoms with Crippen molar-refractivity contribution in [2.24, 2.45) is 0 Å². The van der Waals surface area contributed by atoms with Crippen LogP contribution < -0.4 is 0 Å². The van der Waals surface area contributed by atoms with E-state index in [-0.39, 0.29) is 12.0 Å². The Morgan fingerprint density at radius 2 is 2.13 bits per heavy atom. The number of aliphatic hydroxyl groups excluding tert-OH is 1. The number of carbonyl (C=O) groups excluding carboxylic acids is 1. The average molecular weight is 310 g/mol. The van der Waals surface area contributed by atoms with Crippen LogP contribution in [0.5, 0.6) is 0 Å². The van der Waals surface area contributed by atoms with Gasteiger partial charge in [0.05, 0.1) is 18.2 Å². The van der Waals surface area contributed by atoms with E-state index in [0.717, 1.165) is 42.6 Å². The van der Waals surface area contributed by atoms with Gasteiger partial charge in [-0.2, -0.15) is 0 Å². The number of likely N-dealkylation sites (tertiary alicyclic amines) is 1. The minimum atomic E-state index is -0.388. The van der Waals surface area contributed by atoms with E-state index in [1.807, 2.05) is 42.5 Å². The van der Waals surface area contributed by atoms with Crippen LogP contribution in [-0.4, -0.2) is 40.1 Å². The molecule has 1 amide bonds. The molecule has 0 aliphatic carbocycles. The number of hydrogen-bond donors (Lipinski definition) is 1. The zero-order valence-corrected chi connectivity index (χ0v) is 13.2. The van der Waals surface area contributed by atoms with Crippen molar-refractivity contribution in [3.63, 3.8) is 0 Å². The molecule has 1 unspecified atom stereocenters. The molecule has 1 N–H and O–H groups in total. The molecule has 4 nitrogen and oxygen atoms in total. The Balaban J connectivity index is 1.71. The van der Waals surface area contributed by atoms with E-state index in [1.165, 1.54) is 0 Å². The minimum absolute atomic E-state index is 0.0871. The molecule has 0 radical (unpaired) electrons. The Kier molecular flexibility index (Phi) is 5.03. The number of rotatable bonds is 3. The van der Waals surface area contributed by atoms with Gasteiger partial charge in [-0.25, -0.2) is 0 Å². The van der Waals surface area contributed by atoms with Gasteiger partial charge in [0, 0.05) is 24.8 Å². The smallest absolute Gasteiger partial charge is 0.227 e. The predicted molar refractivity (Wildman–Crippen MR) is 89.8 cm³/mol. The van der Waals surface area contributed by atoms with Gasteiger partial charge in [-0.15, -0.1) is 0 Å². The Morgan fingerprint density at radius 3 is 2.96 bits per heavy atom. The van der Waals surface area contributed by atoms with Crippen molar-refractivity contribution in [2.45, 2.75) is 31.8 Å². The number of nitrogens with zero attached hydrogens (tertiary/aromatic N) is 2. The first-order chi connectivity index (χ1) is 11.2. The maximum Gasteiger partial charge on any atom is 0.227 e. The topological polar surface area (TPSA) is 53.4 Å². The summed E-state index contributed by atoms with van der Waals surface area (Å²) in [6.45, 7) is 1.20. The number of pyridine rings is 1. The maximum atomic E-state index is 12.5. The molecule has 1 aromatic carbocycles. The summed E-state index contributed by atoms with van der Waals surface area (Å²) in [5.74, 6) is 0.0871.